The molecule has 4 heteroatoms. The minimum Gasteiger partial charge on any atom is -0.497 e. The van der Waals surface area contributed by atoms with Crippen molar-refractivity contribution in [2.75, 3.05) is 21.3 Å². The Bertz CT molecular complexity index is 365. The Morgan fingerprint density at radius 2 is 1.83 bits per heavy atom. The van der Waals surface area contributed by atoms with Gasteiger partial charge < -0.3 is 19.3 Å². The monoisotopic (exact) mass is 254 g/mol. The minimum atomic E-state index is -0.576. The van der Waals surface area contributed by atoms with Gasteiger partial charge in [0.05, 0.1) is 26.4 Å². The maximum Gasteiger partial charge on any atom is 0.124 e. The van der Waals surface area contributed by atoms with Gasteiger partial charge in [-0.2, -0.15) is 0 Å². The van der Waals surface area contributed by atoms with E-state index < -0.39 is 6.10 Å². The summed E-state index contributed by atoms with van der Waals surface area (Å²) in [6, 6.07) is 5.42. The number of rotatable bonds is 7. The Morgan fingerprint density at radius 3 is 2.39 bits per heavy atom. The van der Waals surface area contributed by atoms with Crippen molar-refractivity contribution in [3.8, 4) is 11.5 Å². The lowest BCUT2D eigenvalue weighted by Gasteiger charge is -2.17. The first kappa shape index (κ1) is 14.8. The van der Waals surface area contributed by atoms with E-state index in [9.17, 15) is 5.11 Å². The highest BCUT2D eigenvalue weighted by atomic mass is 16.5. The second-order valence-corrected chi connectivity index (χ2v) is 4.25. The van der Waals surface area contributed by atoms with Crippen LogP contribution < -0.4 is 9.47 Å². The lowest BCUT2D eigenvalue weighted by Crippen LogP contribution is -2.08. The van der Waals surface area contributed by atoms with Crippen LogP contribution in [0.25, 0.3) is 0 Å². The number of benzene rings is 1. The predicted octanol–water partition coefficient (Wildman–Crippen LogP) is 2.55. The summed E-state index contributed by atoms with van der Waals surface area (Å²) < 4.78 is 15.6. The Balaban J connectivity index is 2.78. The quantitative estimate of drug-likeness (QED) is 0.812. The van der Waals surface area contributed by atoms with Crippen LogP contribution in [0.4, 0.5) is 0 Å². The maximum atomic E-state index is 10.2. The summed E-state index contributed by atoms with van der Waals surface area (Å²) >= 11 is 0. The van der Waals surface area contributed by atoms with Gasteiger partial charge in [-0.15, -0.1) is 0 Å². The van der Waals surface area contributed by atoms with Crippen molar-refractivity contribution in [1.82, 2.24) is 0 Å². The minimum absolute atomic E-state index is 0.135. The Hall–Kier alpha value is -1.26. The third-order valence-electron chi connectivity index (χ3n) is 3.04. The molecule has 0 heterocycles. The summed E-state index contributed by atoms with van der Waals surface area (Å²) in [4.78, 5) is 0. The molecule has 4 nitrogen and oxygen atoms in total. The number of aliphatic hydroxyl groups excluding tert-OH is 1. The second kappa shape index (κ2) is 7.24. The molecular formula is C14H22O4. The molecule has 1 rings (SSSR count). The van der Waals surface area contributed by atoms with Gasteiger partial charge in [-0.1, -0.05) is 0 Å². The summed E-state index contributed by atoms with van der Waals surface area (Å²) in [5.41, 5.74) is 0.750. The Kier molecular flexibility index (Phi) is 5.95. The molecule has 0 bridgehead atoms. The fourth-order valence-electron chi connectivity index (χ4n) is 1.77. The first-order valence-electron chi connectivity index (χ1n) is 6.05. The van der Waals surface area contributed by atoms with E-state index in [1.807, 2.05) is 13.0 Å². The van der Waals surface area contributed by atoms with Crippen LogP contribution >= 0.6 is 0 Å². The van der Waals surface area contributed by atoms with Crippen LogP contribution in [-0.4, -0.2) is 32.5 Å². The molecule has 2 atom stereocenters. The average molecular weight is 254 g/mol. The summed E-state index contributed by atoms with van der Waals surface area (Å²) in [7, 11) is 4.87. The first-order chi connectivity index (χ1) is 8.62. The van der Waals surface area contributed by atoms with Crippen LogP contribution in [0.15, 0.2) is 18.2 Å². The molecule has 1 aromatic rings. The van der Waals surface area contributed by atoms with Gasteiger partial charge in [0.2, 0.25) is 0 Å². The molecule has 0 aliphatic carbocycles. The zero-order valence-electron chi connectivity index (χ0n) is 11.5. The van der Waals surface area contributed by atoms with E-state index in [-0.39, 0.29) is 6.10 Å². The summed E-state index contributed by atoms with van der Waals surface area (Å²) in [6.07, 6.45) is 0.972. The van der Waals surface area contributed by atoms with Crippen molar-refractivity contribution in [2.45, 2.75) is 32.0 Å². The molecule has 1 aromatic carbocycles. The van der Waals surface area contributed by atoms with E-state index in [0.29, 0.717) is 17.9 Å². The number of hydrogen-bond donors (Lipinski definition) is 1. The highest BCUT2D eigenvalue weighted by Gasteiger charge is 2.15. The third kappa shape index (κ3) is 3.89. The molecule has 1 N–H and O–H groups in total. The van der Waals surface area contributed by atoms with Crippen molar-refractivity contribution < 1.29 is 19.3 Å². The van der Waals surface area contributed by atoms with Gasteiger partial charge in [0.25, 0.3) is 0 Å². The van der Waals surface area contributed by atoms with Gasteiger partial charge in [-0.3, -0.25) is 0 Å². The van der Waals surface area contributed by atoms with E-state index >= 15 is 0 Å². The fraction of sp³-hybridized carbons (Fsp3) is 0.571. The van der Waals surface area contributed by atoms with Crippen molar-refractivity contribution >= 4 is 0 Å². The molecule has 0 saturated carbocycles. The molecule has 0 radical (unpaired) electrons. The zero-order chi connectivity index (χ0) is 13.5. The predicted molar refractivity (Wildman–Crippen MR) is 70.2 cm³/mol. The van der Waals surface area contributed by atoms with Crippen molar-refractivity contribution in [2.24, 2.45) is 0 Å². The van der Waals surface area contributed by atoms with Crippen LogP contribution in [-0.2, 0) is 4.74 Å². The van der Waals surface area contributed by atoms with E-state index in [0.717, 1.165) is 12.0 Å². The zero-order valence-corrected chi connectivity index (χ0v) is 11.5. The van der Waals surface area contributed by atoms with Gasteiger partial charge in [-0.25, -0.2) is 0 Å². The van der Waals surface area contributed by atoms with Crippen molar-refractivity contribution in [1.29, 1.82) is 0 Å². The van der Waals surface area contributed by atoms with Crippen molar-refractivity contribution in [3.63, 3.8) is 0 Å². The van der Waals surface area contributed by atoms with E-state index in [2.05, 4.69) is 0 Å². The highest BCUT2D eigenvalue weighted by Crippen LogP contribution is 2.31. The molecule has 0 aromatic heterocycles. The normalized spacial score (nSPS) is 14.1. The lowest BCUT2D eigenvalue weighted by molar-refractivity contribution is 0.0843. The topological polar surface area (TPSA) is 47.9 Å². The second-order valence-electron chi connectivity index (χ2n) is 4.25. The van der Waals surface area contributed by atoms with Gasteiger partial charge >= 0.3 is 0 Å². The number of hydrogen-bond acceptors (Lipinski definition) is 4. The van der Waals surface area contributed by atoms with Crippen LogP contribution in [0.5, 0.6) is 11.5 Å². The van der Waals surface area contributed by atoms with Gasteiger partial charge in [0, 0.05) is 12.7 Å². The average Bonchev–Trinajstić information content (AvgIpc) is 2.43. The molecule has 0 saturated heterocycles. The number of ether oxygens (including phenoxy) is 3. The van der Waals surface area contributed by atoms with Gasteiger partial charge in [0.15, 0.2) is 0 Å². The molecule has 0 fully saturated rings. The number of aliphatic hydroxyl groups is 1. The largest absolute Gasteiger partial charge is 0.497 e. The molecule has 18 heavy (non-hydrogen) atoms. The maximum absolute atomic E-state index is 10.2. The fourth-order valence-corrected chi connectivity index (χ4v) is 1.77. The van der Waals surface area contributed by atoms with Crippen LogP contribution in [0.1, 0.15) is 31.4 Å². The standard InChI is InChI=1S/C14H22O4/c1-10(16-2)5-7-13(15)12-9-11(17-3)6-8-14(12)18-4/h6,8-10,13,15H,5,7H2,1-4H3. The smallest absolute Gasteiger partial charge is 0.124 e. The SMILES string of the molecule is COc1ccc(OC)c(C(O)CCC(C)OC)c1. The molecule has 102 valence electrons. The highest BCUT2D eigenvalue weighted by molar-refractivity contribution is 5.41. The van der Waals surface area contributed by atoms with Crippen LogP contribution in [0.2, 0.25) is 0 Å². The summed E-state index contributed by atoms with van der Waals surface area (Å²) in [5.74, 6) is 1.39. The molecule has 0 amide bonds. The van der Waals surface area contributed by atoms with Crippen LogP contribution in [0.3, 0.4) is 0 Å². The third-order valence-corrected chi connectivity index (χ3v) is 3.04. The van der Waals surface area contributed by atoms with Gasteiger partial charge in [-0.05, 0) is 38.0 Å². The summed E-state index contributed by atoms with van der Waals surface area (Å²) in [6.45, 7) is 1.98. The lowest BCUT2D eigenvalue weighted by atomic mass is 10.0. The van der Waals surface area contributed by atoms with Crippen LogP contribution in [0, 0.1) is 0 Å². The molecule has 2 unspecified atom stereocenters. The molecule has 0 spiro atoms. The Labute approximate surface area is 108 Å². The molecular weight excluding hydrogens is 232 g/mol. The van der Waals surface area contributed by atoms with Gasteiger partial charge in [0.1, 0.15) is 11.5 Å². The van der Waals surface area contributed by atoms with E-state index in [1.54, 1.807) is 33.5 Å². The summed E-state index contributed by atoms with van der Waals surface area (Å²) in [5, 5.41) is 10.2. The van der Waals surface area contributed by atoms with E-state index in [4.69, 9.17) is 14.2 Å². The Morgan fingerprint density at radius 1 is 1.11 bits per heavy atom. The first-order valence-corrected chi connectivity index (χ1v) is 6.05. The molecule has 0 aliphatic heterocycles. The molecule has 0 aliphatic rings. The van der Waals surface area contributed by atoms with E-state index in [1.165, 1.54) is 0 Å². The van der Waals surface area contributed by atoms with Crippen molar-refractivity contribution in [3.05, 3.63) is 23.8 Å². The number of methoxy groups -OCH3 is 3.